The van der Waals surface area contributed by atoms with Gasteiger partial charge >= 0.3 is 0 Å². The van der Waals surface area contributed by atoms with Gasteiger partial charge in [-0.1, -0.05) is 6.08 Å². The second kappa shape index (κ2) is 13.0. The topological polar surface area (TPSA) is 80.6 Å². The van der Waals surface area contributed by atoms with E-state index in [1.807, 2.05) is 19.1 Å². The average Bonchev–Trinajstić information content (AvgIpc) is 3.09. The van der Waals surface area contributed by atoms with E-state index in [4.69, 9.17) is 9.15 Å². The highest BCUT2D eigenvalue weighted by atomic mass is 16.5. The van der Waals surface area contributed by atoms with Gasteiger partial charge in [-0.3, -0.25) is 9.59 Å². The summed E-state index contributed by atoms with van der Waals surface area (Å²) >= 11 is 0. The third kappa shape index (κ3) is 10.3. The van der Waals surface area contributed by atoms with Crippen LogP contribution in [0.1, 0.15) is 31.9 Å². The van der Waals surface area contributed by atoms with Crippen LogP contribution in [0.4, 0.5) is 0 Å². The predicted molar refractivity (Wildman–Crippen MR) is 92.2 cm³/mol. The molecule has 0 fully saturated rings. The number of allylic oxidation sites excluding steroid dienone is 1. The number of hydrogen-bond acceptors (Lipinski definition) is 4. The van der Waals surface area contributed by atoms with Crippen molar-refractivity contribution >= 4 is 11.8 Å². The van der Waals surface area contributed by atoms with Crippen LogP contribution in [-0.2, 0) is 20.7 Å². The number of nitrogens with one attached hydrogen (secondary N) is 2. The van der Waals surface area contributed by atoms with Crippen LogP contribution < -0.4 is 10.6 Å². The van der Waals surface area contributed by atoms with Crippen LogP contribution in [0.3, 0.4) is 0 Å². The maximum absolute atomic E-state index is 11.6. The normalized spacial score (nSPS) is 11.0. The van der Waals surface area contributed by atoms with E-state index in [1.165, 1.54) is 6.08 Å². The molecule has 0 atom stereocenters. The van der Waals surface area contributed by atoms with Gasteiger partial charge in [-0.2, -0.15) is 0 Å². The Hall–Kier alpha value is -2.50. The van der Waals surface area contributed by atoms with E-state index in [0.29, 0.717) is 32.5 Å². The van der Waals surface area contributed by atoms with Crippen LogP contribution in [-0.4, -0.2) is 31.5 Å². The van der Waals surface area contributed by atoms with Crippen LogP contribution in [0, 0.1) is 0 Å². The average molecular weight is 334 g/mol. The summed E-state index contributed by atoms with van der Waals surface area (Å²) in [6, 6.07) is 3.67. The molecule has 132 valence electrons. The molecule has 2 amide bonds. The quantitative estimate of drug-likeness (QED) is 0.349. The number of unbranched alkanes of at least 4 members (excludes halogenated alkanes) is 1. The molecule has 0 radical (unpaired) electrons. The molecule has 6 heteroatoms. The van der Waals surface area contributed by atoms with Gasteiger partial charge in [0.1, 0.15) is 12.4 Å². The lowest BCUT2D eigenvalue weighted by Crippen LogP contribution is -2.26. The second-order valence-electron chi connectivity index (χ2n) is 5.13. The molecule has 0 aliphatic rings. The highest BCUT2D eigenvalue weighted by molar-refractivity contribution is 5.87. The summed E-state index contributed by atoms with van der Waals surface area (Å²) in [6.07, 6.45) is 10.7. The molecule has 2 N–H and O–H groups in total. The fourth-order valence-electron chi connectivity index (χ4n) is 1.89. The van der Waals surface area contributed by atoms with E-state index in [-0.39, 0.29) is 11.8 Å². The minimum Gasteiger partial charge on any atom is -0.497 e. The van der Waals surface area contributed by atoms with Gasteiger partial charge in [0.15, 0.2) is 0 Å². The summed E-state index contributed by atoms with van der Waals surface area (Å²) in [6.45, 7) is 3.43. The molecular weight excluding hydrogens is 308 g/mol. The summed E-state index contributed by atoms with van der Waals surface area (Å²) < 4.78 is 10.2. The molecule has 0 spiro atoms. The number of carbonyl (C=O) groups excluding carboxylic acids is 2. The van der Waals surface area contributed by atoms with Gasteiger partial charge in [-0.15, -0.1) is 0 Å². The van der Waals surface area contributed by atoms with E-state index < -0.39 is 0 Å². The molecule has 0 unspecified atom stereocenters. The van der Waals surface area contributed by atoms with Crippen molar-refractivity contribution in [1.82, 2.24) is 10.6 Å². The number of carbonyl (C=O) groups is 2. The van der Waals surface area contributed by atoms with E-state index >= 15 is 0 Å². The van der Waals surface area contributed by atoms with Gasteiger partial charge < -0.3 is 19.8 Å². The molecule has 0 bridgehead atoms. The summed E-state index contributed by atoms with van der Waals surface area (Å²) in [4.78, 5) is 23.1. The van der Waals surface area contributed by atoms with Gasteiger partial charge in [0, 0.05) is 32.0 Å². The van der Waals surface area contributed by atoms with Crippen molar-refractivity contribution in [2.24, 2.45) is 0 Å². The Morgan fingerprint density at radius 1 is 1.25 bits per heavy atom. The van der Waals surface area contributed by atoms with Crippen molar-refractivity contribution < 1.29 is 18.7 Å². The number of aryl methyl sites for hydroxylation is 1. The molecule has 0 aromatic carbocycles. The van der Waals surface area contributed by atoms with E-state index in [0.717, 1.165) is 18.6 Å². The van der Waals surface area contributed by atoms with Gasteiger partial charge in [0.2, 0.25) is 11.8 Å². The van der Waals surface area contributed by atoms with E-state index in [1.54, 1.807) is 24.7 Å². The van der Waals surface area contributed by atoms with Crippen LogP contribution in [0.5, 0.6) is 0 Å². The molecule has 1 aromatic rings. The Labute approximate surface area is 142 Å². The first-order valence-corrected chi connectivity index (χ1v) is 8.18. The molecule has 24 heavy (non-hydrogen) atoms. The van der Waals surface area contributed by atoms with Crippen molar-refractivity contribution in [1.29, 1.82) is 0 Å². The van der Waals surface area contributed by atoms with Crippen LogP contribution >= 0.6 is 0 Å². The molecule has 1 rings (SSSR count). The summed E-state index contributed by atoms with van der Waals surface area (Å²) in [5, 5.41) is 5.64. The Morgan fingerprint density at radius 3 is 2.75 bits per heavy atom. The first kappa shape index (κ1) is 19.5. The molecule has 0 aliphatic heterocycles. The Bertz CT molecular complexity index is 521. The number of hydrogen-bond donors (Lipinski definition) is 2. The van der Waals surface area contributed by atoms with Crippen LogP contribution in [0.25, 0.3) is 0 Å². The third-order valence-electron chi connectivity index (χ3n) is 3.10. The van der Waals surface area contributed by atoms with E-state index in [9.17, 15) is 9.59 Å². The first-order valence-electron chi connectivity index (χ1n) is 8.18. The van der Waals surface area contributed by atoms with Crippen molar-refractivity contribution in [3.63, 3.8) is 0 Å². The zero-order valence-electron chi connectivity index (χ0n) is 14.1. The van der Waals surface area contributed by atoms with Crippen molar-refractivity contribution in [2.45, 2.75) is 32.6 Å². The fraction of sp³-hybridized carbons (Fsp3) is 0.444. The van der Waals surface area contributed by atoms with Crippen molar-refractivity contribution in [3.05, 3.63) is 48.6 Å². The Balaban J connectivity index is 1.94. The molecule has 6 nitrogen and oxygen atoms in total. The molecule has 0 saturated carbocycles. The van der Waals surface area contributed by atoms with Gasteiger partial charge in [-0.25, -0.2) is 0 Å². The molecule has 0 saturated heterocycles. The number of furan rings is 1. The predicted octanol–water partition coefficient (Wildman–Crippen LogP) is 2.33. The van der Waals surface area contributed by atoms with E-state index in [2.05, 4.69) is 10.6 Å². The monoisotopic (exact) mass is 334 g/mol. The maximum Gasteiger partial charge on any atom is 0.243 e. The highest BCUT2D eigenvalue weighted by Gasteiger charge is 2.03. The molecule has 1 heterocycles. The van der Waals surface area contributed by atoms with Crippen LogP contribution in [0.15, 0.2) is 47.3 Å². The zero-order valence-corrected chi connectivity index (χ0v) is 14.1. The maximum atomic E-state index is 11.6. The van der Waals surface area contributed by atoms with Crippen molar-refractivity contribution in [2.75, 3.05) is 19.7 Å². The second-order valence-corrected chi connectivity index (χ2v) is 5.13. The Morgan fingerprint density at radius 2 is 2.04 bits per heavy atom. The molecule has 1 aromatic heterocycles. The van der Waals surface area contributed by atoms with Crippen molar-refractivity contribution in [3.8, 4) is 0 Å². The number of ether oxygens (including phenoxy) is 1. The highest BCUT2D eigenvalue weighted by Crippen LogP contribution is 2.03. The third-order valence-corrected chi connectivity index (χ3v) is 3.10. The van der Waals surface area contributed by atoms with Gasteiger partial charge in [0.05, 0.1) is 12.5 Å². The minimum absolute atomic E-state index is 0.0134. The van der Waals surface area contributed by atoms with Gasteiger partial charge in [-0.05, 0) is 38.0 Å². The van der Waals surface area contributed by atoms with Gasteiger partial charge in [0.25, 0.3) is 0 Å². The largest absolute Gasteiger partial charge is 0.497 e. The SMILES string of the molecule is C/C=C\OC/C=C/C(=O)NCCCCNC(=O)CCc1ccco1. The summed E-state index contributed by atoms with van der Waals surface area (Å²) in [5.74, 6) is 0.693. The standard InChI is InChI=1S/C18H26N2O4/c1-2-13-23-14-6-8-17(21)19-11-3-4-12-20-18(22)10-9-16-7-5-15-24-16/h2,5-8,13,15H,3-4,9-12,14H2,1H3,(H,19,21)(H,20,22)/b8-6+,13-2-. The smallest absolute Gasteiger partial charge is 0.243 e. The number of amides is 2. The Kier molecular flexibility index (Phi) is 10.6. The molecular formula is C18H26N2O4. The zero-order chi connectivity index (χ0) is 17.5. The lowest BCUT2D eigenvalue weighted by Gasteiger charge is -2.05. The first-order chi connectivity index (χ1) is 11.7. The summed E-state index contributed by atoms with van der Waals surface area (Å²) in [7, 11) is 0. The van der Waals surface area contributed by atoms with Crippen LogP contribution in [0.2, 0.25) is 0 Å². The molecule has 0 aliphatic carbocycles. The lowest BCUT2D eigenvalue weighted by molar-refractivity contribution is -0.121. The number of rotatable bonds is 12. The lowest BCUT2D eigenvalue weighted by atomic mass is 10.2. The minimum atomic E-state index is -0.137. The fourth-order valence-corrected chi connectivity index (χ4v) is 1.89. The summed E-state index contributed by atoms with van der Waals surface area (Å²) in [5.41, 5.74) is 0.